The van der Waals surface area contributed by atoms with Gasteiger partial charge in [0.2, 0.25) is 4.80 Å². The zero-order valence-corrected chi connectivity index (χ0v) is 19.6. The van der Waals surface area contributed by atoms with Gasteiger partial charge in [0.15, 0.2) is 0 Å². The number of aryl methyl sites for hydroxylation is 1. The Bertz CT molecular complexity index is 1270. The molecule has 0 atom stereocenters. The number of nitrogens with one attached hydrogen (secondary N) is 3. The molecule has 0 aliphatic carbocycles. The van der Waals surface area contributed by atoms with Crippen LogP contribution in [0, 0.1) is 5.41 Å². The van der Waals surface area contributed by atoms with Crippen molar-refractivity contribution in [1.29, 1.82) is 5.41 Å². The lowest BCUT2D eigenvalue weighted by atomic mass is 10.1. The lowest BCUT2D eigenvalue weighted by molar-refractivity contribution is 0.0522. The lowest BCUT2D eigenvalue weighted by Crippen LogP contribution is -2.32. The van der Waals surface area contributed by atoms with E-state index in [-0.39, 0.29) is 16.9 Å². The number of thiazole rings is 1. The highest BCUT2D eigenvalue weighted by atomic mass is 32.1. The van der Waals surface area contributed by atoms with Crippen LogP contribution in [0.2, 0.25) is 0 Å². The van der Waals surface area contributed by atoms with Gasteiger partial charge in [0.25, 0.3) is 5.91 Å². The number of carboxylic acid groups (broad SMARTS) is 1. The Morgan fingerprint density at radius 1 is 1.12 bits per heavy atom. The molecule has 0 unspecified atom stereocenters. The van der Waals surface area contributed by atoms with Crippen LogP contribution in [0.5, 0.6) is 0 Å². The Kier molecular flexibility index (Phi) is 6.87. The number of nitrogens with zero attached hydrogens (tertiary/aromatic N) is 1. The van der Waals surface area contributed by atoms with Crippen LogP contribution in [0.4, 0.5) is 4.79 Å². The van der Waals surface area contributed by atoms with E-state index in [0.717, 1.165) is 22.5 Å². The fourth-order valence-corrected chi connectivity index (χ4v) is 4.12. The quantitative estimate of drug-likeness (QED) is 0.434. The SMILES string of the molecule is CCc1cc(C(=O)O)cc2sc(=N)n(NC(=O)c3ccc(CNC(=O)OC(C)(C)C)cc3)c12. The second kappa shape index (κ2) is 9.45. The van der Waals surface area contributed by atoms with Crippen LogP contribution in [-0.2, 0) is 17.7 Å². The average molecular weight is 471 g/mol. The molecule has 2 aromatic carbocycles. The third kappa shape index (κ3) is 5.78. The summed E-state index contributed by atoms with van der Waals surface area (Å²) >= 11 is 1.09. The maximum atomic E-state index is 12.8. The van der Waals surface area contributed by atoms with Gasteiger partial charge in [-0.3, -0.25) is 15.6 Å². The molecular weight excluding hydrogens is 444 g/mol. The summed E-state index contributed by atoms with van der Waals surface area (Å²) in [5.41, 5.74) is 4.81. The maximum Gasteiger partial charge on any atom is 0.407 e. The second-order valence-corrected chi connectivity index (χ2v) is 9.41. The number of hydrogen-bond acceptors (Lipinski definition) is 6. The number of aromatic nitrogens is 1. The van der Waals surface area contributed by atoms with Crippen molar-refractivity contribution in [1.82, 2.24) is 9.99 Å². The van der Waals surface area contributed by atoms with E-state index >= 15 is 0 Å². The summed E-state index contributed by atoms with van der Waals surface area (Å²) in [6.45, 7) is 7.49. The molecule has 0 spiro atoms. The zero-order valence-electron chi connectivity index (χ0n) is 18.8. The van der Waals surface area contributed by atoms with Gasteiger partial charge in [-0.2, -0.15) is 0 Å². The summed E-state index contributed by atoms with van der Waals surface area (Å²) in [6.07, 6.45) is 0.0223. The third-order valence-corrected chi connectivity index (χ3v) is 5.59. The summed E-state index contributed by atoms with van der Waals surface area (Å²) in [5.74, 6) is -1.45. The highest BCUT2D eigenvalue weighted by Gasteiger charge is 2.17. The number of carboxylic acids is 1. The first-order valence-electron chi connectivity index (χ1n) is 10.3. The second-order valence-electron chi connectivity index (χ2n) is 8.38. The Labute approximate surface area is 194 Å². The molecule has 33 heavy (non-hydrogen) atoms. The highest BCUT2D eigenvalue weighted by Crippen LogP contribution is 2.24. The van der Waals surface area contributed by atoms with Crippen molar-refractivity contribution in [2.45, 2.75) is 46.3 Å². The van der Waals surface area contributed by atoms with E-state index in [1.165, 1.54) is 10.7 Å². The lowest BCUT2D eigenvalue weighted by Gasteiger charge is -2.19. The molecule has 9 nitrogen and oxygen atoms in total. The standard InChI is InChI=1S/C23H26N4O5S/c1-5-14-10-16(20(29)30)11-17-18(14)27(21(24)33-17)26-19(28)15-8-6-13(7-9-15)12-25-22(31)32-23(2,3)4/h6-11,24H,5,12H2,1-4H3,(H,25,31)(H,26,28)(H,29,30). The Hall–Kier alpha value is -3.66. The predicted octanol–water partition coefficient (Wildman–Crippen LogP) is 3.85. The fourth-order valence-electron chi connectivity index (χ4n) is 3.18. The number of amides is 2. The molecule has 0 aliphatic heterocycles. The number of benzene rings is 2. The zero-order chi connectivity index (χ0) is 24.3. The molecule has 3 rings (SSSR count). The Morgan fingerprint density at radius 3 is 2.36 bits per heavy atom. The van der Waals surface area contributed by atoms with Crippen molar-refractivity contribution < 1.29 is 24.2 Å². The van der Waals surface area contributed by atoms with Crippen molar-refractivity contribution in [2.75, 3.05) is 5.43 Å². The summed E-state index contributed by atoms with van der Waals surface area (Å²) < 4.78 is 7.19. The van der Waals surface area contributed by atoms with Gasteiger partial charge in [0, 0.05) is 12.1 Å². The molecule has 4 N–H and O–H groups in total. The van der Waals surface area contributed by atoms with E-state index < -0.39 is 23.6 Å². The van der Waals surface area contributed by atoms with Crippen LogP contribution in [0.25, 0.3) is 10.2 Å². The molecule has 1 heterocycles. The Balaban J connectivity index is 1.76. The first-order valence-corrected chi connectivity index (χ1v) is 11.1. The molecule has 0 fully saturated rings. The maximum absolute atomic E-state index is 12.8. The molecule has 174 valence electrons. The molecule has 0 saturated heterocycles. The van der Waals surface area contributed by atoms with E-state index in [4.69, 9.17) is 10.1 Å². The van der Waals surface area contributed by atoms with Crippen molar-refractivity contribution in [3.8, 4) is 0 Å². The van der Waals surface area contributed by atoms with Gasteiger partial charge in [-0.05, 0) is 62.6 Å². The number of carbonyl (C=O) groups excluding carboxylic acids is 2. The average Bonchev–Trinajstić information content (AvgIpc) is 3.05. The van der Waals surface area contributed by atoms with Gasteiger partial charge in [-0.15, -0.1) is 0 Å². The van der Waals surface area contributed by atoms with Crippen molar-refractivity contribution in [3.05, 3.63) is 63.5 Å². The number of rotatable bonds is 6. The van der Waals surface area contributed by atoms with Gasteiger partial charge in [-0.1, -0.05) is 30.4 Å². The molecule has 3 aromatic rings. The van der Waals surface area contributed by atoms with Crippen LogP contribution >= 0.6 is 11.3 Å². The number of alkyl carbamates (subject to hydrolysis) is 1. The monoisotopic (exact) mass is 470 g/mol. The molecule has 1 aromatic heterocycles. The minimum atomic E-state index is -1.04. The summed E-state index contributed by atoms with van der Waals surface area (Å²) in [4.78, 5) is 36.1. The molecule has 0 aliphatic rings. The first kappa shape index (κ1) is 24.0. The van der Waals surface area contributed by atoms with E-state index in [0.29, 0.717) is 22.2 Å². The van der Waals surface area contributed by atoms with Crippen LogP contribution in [0.3, 0.4) is 0 Å². The summed E-state index contributed by atoms with van der Waals surface area (Å²) in [7, 11) is 0. The van der Waals surface area contributed by atoms with E-state index in [2.05, 4.69) is 10.7 Å². The molecule has 0 saturated carbocycles. The van der Waals surface area contributed by atoms with Crippen LogP contribution in [0.1, 0.15) is 59.5 Å². The van der Waals surface area contributed by atoms with E-state index in [9.17, 15) is 19.5 Å². The van der Waals surface area contributed by atoms with Gasteiger partial charge in [0.1, 0.15) is 5.60 Å². The first-order chi connectivity index (χ1) is 15.5. The van der Waals surface area contributed by atoms with Crippen LogP contribution in [0.15, 0.2) is 36.4 Å². The number of fused-ring (bicyclic) bond motifs is 1. The third-order valence-electron chi connectivity index (χ3n) is 4.68. The number of aromatic carboxylic acids is 1. The predicted molar refractivity (Wildman–Crippen MR) is 125 cm³/mol. The minimum absolute atomic E-state index is 0.0776. The summed E-state index contributed by atoms with van der Waals surface area (Å²) in [5, 5.41) is 20.3. The molecule has 0 bridgehead atoms. The number of hydrogen-bond donors (Lipinski definition) is 4. The normalized spacial score (nSPS) is 11.3. The van der Waals surface area contributed by atoms with Gasteiger partial charge in [0.05, 0.1) is 15.8 Å². The van der Waals surface area contributed by atoms with Gasteiger partial charge < -0.3 is 15.2 Å². The van der Waals surface area contributed by atoms with E-state index in [1.807, 2.05) is 6.92 Å². The Morgan fingerprint density at radius 2 is 1.79 bits per heavy atom. The van der Waals surface area contributed by atoms with Crippen molar-refractivity contribution in [3.63, 3.8) is 0 Å². The number of carbonyl (C=O) groups is 3. The van der Waals surface area contributed by atoms with Crippen molar-refractivity contribution >= 4 is 39.5 Å². The highest BCUT2D eigenvalue weighted by molar-refractivity contribution is 7.16. The fraction of sp³-hybridized carbons (Fsp3) is 0.304. The smallest absolute Gasteiger partial charge is 0.407 e. The molecular formula is C23H26N4O5S. The van der Waals surface area contributed by atoms with Crippen LogP contribution < -0.4 is 15.5 Å². The number of ether oxygens (including phenoxy) is 1. The van der Waals surface area contributed by atoms with E-state index in [1.54, 1.807) is 51.1 Å². The molecule has 10 heteroatoms. The summed E-state index contributed by atoms with van der Waals surface area (Å²) in [6, 6.07) is 9.77. The molecule has 0 radical (unpaired) electrons. The topological polar surface area (TPSA) is 134 Å². The molecule has 2 amide bonds. The largest absolute Gasteiger partial charge is 0.478 e. The van der Waals surface area contributed by atoms with Gasteiger partial charge in [-0.25, -0.2) is 14.3 Å². The van der Waals surface area contributed by atoms with Gasteiger partial charge >= 0.3 is 12.1 Å². The minimum Gasteiger partial charge on any atom is -0.478 e. The van der Waals surface area contributed by atoms with Crippen molar-refractivity contribution in [2.24, 2.45) is 0 Å². The van der Waals surface area contributed by atoms with Crippen LogP contribution in [-0.4, -0.2) is 33.4 Å².